The molecule has 0 fully saturated rings. The van der Waals surface area contributed by atoms with Gasteiger partial charge in [-0.1, -0.05) is 19.1 Å². The van der Waals surface area contributed by atoms with Crippen molar-refractivity contribution in [1.82, 2.24) is 4.98 Å². The number of pyridine rings is 1. The maximum absolute atomic E-state index is 4.30. The van der Waals surface area contributed by atoms with Crippen LogP contribution in [0.4, 0.5) is 0 Å². The molecule has 0 radical (unpaired) electrons. The Bertz CT molecular complexity index is 279. The van der Waals surface area contributed by atoms with Crippen molar-refractivity contribution in [3.63, 3.8) is 0 Å². The molecule has 0 aliphatic carbocycles. The van der Waals surface area contributed by atoms with Crippen molar-refractivity contribution in [2.75, 3.05) is 0 Å². The monoisotopic (exact) mass is 287 g/mol. The number of rotatable bonds is 3. The zero-order valence-electron chi connectivity index (χ0n) is 8.00. The quantitative estimate of drug-likeness (QED) is 0.774. The highest BCUT2D eigenvalue weighted by atomic mass is 127. The Kier molecular flexibility index (Phi) is 4.42. The van der Waals surface area contributed by atoms with E-state index in [1.165, 1.54) is 9.27 Å². The van der Waals surface area contributed by atoms with Gasteiger partial charge in [0.25, 0.3) is 0 Å². The van der Waals surface area contributed by atoms with Crippen LogP contribution < -0.4 is 0 Å². The maximum atomic E-state index is 4.30. The third-order valence-electron chi connectivity index (χ3n) is 1.99. The molecule has 0 aromatic carbocycles. The molecule has 1 aromatic heterocycles. The van der Waals surface area contributed by atoms with Gasteiger partial charge in [-0.25, -0.2) is 0 Å². The standard InChI is InChI=1S/C11H14IN/c1-3-11(12)9(2)8-10-6-4-5-7-13-10/h3-7,9H,8H2,1-2H3/b11-3+. The van der Waals surface area contributed by atoms with Gasteiger partial charge < -0.3 is 0 Å². The van der Waals surface area contributed by atoms with Gasteiger partial charge in [0.15, 0.2) is 0 Å². The van der Waals surface area contributed by atoms with Crippen molar-refractivity contribution in [1.29, 1.82) is 0 Å². The van der Waals surface area contributed by atoms with Gasteiger partial charge in [0.2, 0.25) is 0 Å². The minimum absolute atomic E-state index is 0.584. The molecule has 70 valence electrons. The van der Waals surface area contributed by atoms with Crippen LogP contribution in [-0.4, -0.2) is 4.98 Å². The Labute approximate surface area is 93.4 Å². The van der Waals surface area contributed by atoms with E-state index in [9.17, 15) is 0 Å². The highest BCUT2D eigenvalue weighted by Gasteiger charge is 2.06. The number of hydrogen-bond donors (Lipinski definition) is 0. The van der Waals surface area contributed by atoms with E-state index in [0.29, 0.717) is 5.92 Å². The summed E-state index contributed by atoms with van der Waals surface area (Å²) < 4.78 is 1.41. The Morgan fingerprint density at radius 3 is 2.92 bits per heavy atom. The molecule has 0 amide bonds. The lowest BCUT2D eigenvalue weighted by Gasteiger charge is -2.09. The molecule has 1 rings (SSSR count). The molecule has 0 bridgehead atoms. The second kappa shape index (κ2) is 5.37. The van der Waals surface area contributed by atoms with Gasteiger partial charge in [0, 0.05) is 11.9 Å². The van der Waals surface area contributed by atoms with Gasteiger partial charge in [-0.15, -0.1) is 0 Å². The summed E-state index contributed by atoms with van der Waals surface area (Å²) in [6, 6.07) is 6.07. The molecule has 1 aromatic rings. The van der Waals surface area contributed by atoms with Gasteiger partial charge in [0.1, 0.15) is 0 Å². The van der Waals surface area contributed by atoms with E-state index < -0.39 is 0 Å². The minimum atomic E-state index is 0.584. The van der Waals surface area contributed by atoms with E-state index in [1.807, 2.05) is 18.3 Å². The molecule has 1 unspecified atom stereocenters. The van der Waals surface area contributed by atoms with Crippen LogP contribution in [0.25, 0.3) is 0 Å². The summed E-state index contributed by atoms with van der Waals surface area (Å²) in [5.41, 5.74) is 1.17. The van der Waals surface area contributed by atoms with Crippen LogP contribution in [0.3, 0.4) is 0 Å². The minimum Gasteiger partial charge on any atom is -0.261 e. The zero-order valence-corrected chi connectivity index (χ0v) is 10.2. The van der Waals surface area contributed by atoms with Gasteiger partial charge in [-0.05, 0) is 57.6 Å². The predicted molar refractivity (Wildman–Crippen MR) is 64.9 cm³/mol. The number of allylic oxidation sites excluding steroid dienone is 2. The molecule has 0 spiro atoms. The van der Waals surface area contributed by atoms with Gasteiger partial charge in [-0.2, -0.15) is 0 Å². The second-order valence-corrected chi connectivity index (χ2v) is 4.35. The maximum Gasteiger partial charge on any atom is 0.0409 e. The largest absolute Gasteiger partial charge is 0.261 e. The lowest BCUT2D eigenvalue weighted by atomic mass is 10.0. The van der Waals surface area contributed by atoms with E-state index >= 15 is 0 Å². The molecule has 1 nitrogen and oxygen atoms in total. The molecule has 0 saturated carbocycles. The van der Waals surface area contributed by atoms with Crippen LogP contribution in [0.15, 0.2) is 34.1 Å². The topological polar surface area (TPSA) is 12.9 Å². The highest BCUT2D eigenvalue weighted by molar-refractivity contribution is 14.1. The third kappa shape index (κ3) is 3.46. The van der Waals surface area contributed by atoms with Crippen molar-refractivity contribution >= 4 is 22.6 Å². The van der Waals surface area contributed by atoms with E-state index in [0.717, 1.165) is 6.42 Å². The number of aromatic nitrogens is 1. The molecular weight excluding hydrogens is 273 g/mol. The molecule has 2 heteroatoms. The first-order valence-electron chi connectivity index (χ1n) is 4.45. The van der Waals surface area contributed by atoms with Crippen LogP contribution in [-0.2, 0) is 6.42 Å². The molecule has 0 aliphatic rings. The van der Waals surface area contributed by atoms with E-state index in [4.69, 9.17) is 0 Å². The van der Waals surface area contributed by atoms with Crippen LogP contribution in [0.2, 0.25) is 0 Å². The molecule has 1 atom stereocenters. The molecule has 0 N–H and O–H groups in total. The summed E-state index contributed by atoms with van der Waals surface area (Å²) in [6.07, 6.45) is 5.04. The summed E-state index contributed by atoms with van der Waals surface area (Å²) in [5.74, 6) is 0.584. The normalized spacial score (nSPS) is 14.2. The first-order chi connectivity index (χ1) is 6.24. The Morgan fingerprint density at radius 2 is 2.38 bits per heavy atom. The van der Waals surface area contributed by atoms with Crippen molar-refractivity contribution < 1.29 is 0 Å². The fraction of sp³-hybridized carbons (Fsp3) is 0.364. The second-order valence-electron chi connectivity index (χ2n) is 3.10. The van der Waals surface area contributed by atoms with Crippen molar-refractivity contribution in [2.24, 2.45) is 5.92 Å². The summed E-state index contributed by atoms with van der Waals surface area (Å²) >= 11 is 2.39. The molecule has 0 aliphatic heterocycles. The predicted octanol–water partition coefficient (Wildman–Crippen LogP) is 3.60. The van der Waals surface area contributed by atoms with Gasteiger partial charge >= 0.3 is 0 Å². The smallest absolute Gasteiger partial charge is 0.0409 e. The first-order valence-corrected chi connectivity index (χ1v) is 5.53. The van der Waals surface area contributed by atoms with Gasteiger partial charge in [0.05, 0.1) is 0 Å². The van der Waals surface area contributed by atoms with Crippen molar-refractivity contribution in [2.45, 2.75) is 20.3 Å². The molecule has 1 heterocycles. The number of nitrogens with zero attached hydrogens (tertiary/aromatic N) is 1. The SMILES string of the molecule is C/C=C(/I)C(C)Cc1ccccn1. The van der Waals surface area contributed by atoms with Crippen LogP contribution in [0.5, 0.6) is 0 Å². The zero-order chi connectivity index (χ0) is 9.68. The Morgan fingerprint density at radius 1 is 1.62 bits per heavy atom. The van der Waals surface area contributed by atoms with E-state index in [1.54, 1.807) is 0 Å². The first kappa shape index (κ1) is 10.7. The third-order valence-corrected chi connectivity index (χ3v) is 3.67. The molecule has 0 saturated heterocycles. The summed E-state index contributed by atoms with van der Waals surface area (Å²) in [5, 5.41) is 0. The highest BCUT2D eigenvalue weighted by Crippen LogP contribution is 2.20. The lowest BCUT2D eigenvalue weighted by Crippen LogP contribution is -2.00. The summed E-state index contributed by atoms with van der Waals surface area (Å²) in [6.45, 7) is 4.31. The fourth-order valence-corrected chi connectivity index (χ4v) is 1.43. The van der Waals surface area contributed by atoms with E-state index in [-0.39, 0.29) is 0 Å². The molecule has 13 heavy (non-hydrogen) atoms. The van der Waals surface area contributed by atoms with Crippen molar-refractivity contribution in [3.05, 3.63) is 39.7 Å². The van der Waals surface area contributed by atoms with Crippen LogP contribution in [0, 0.1) is 5.92 Å². The van der Waals surface area contributed by atoms with E-state index in [2.05, 4.69) is 53.6 Å². The lowest BCUT2D eigenvalue weighted by molar-refractivity contribution is 0.701. The van der Waals surface area contributed by atoms with Crippen molar-refractivity contribution in [3.8, 4) is 0 Å². The van der Waals surface area contributed by atoms with Crippen LogP contribution in [0.1, 0.15) is 19.5 Å². The number of halogens is 1. The van der Waals surface area contributed by atoms with Gasteiger partial charge in [-0.3, -0.25) is 4.98 Å². The Hall–Kier alpha value is -0.380. The Balaban J connectivity index is 2.60. The molecular formula is C11H14IN. The summed E-state index contributed by atoms with van der Waals surface area (Å²) in [4.78, 5) is 4.30. The number of hydrogen-bond acceptors (Lipinski definition) is 1. The fourth-order valence-electron chi connectivity index (χ4n) is 1.21. The average molecular weight is 287 g/mol. The average Bonchev–Trinajstić information content (AvgIpc) is 2.18. The summed E-state index contributed by atoms with van der Waals surface area (Å²) in [7, 11) is 0. The van der Waals surface area contributed by atoms with Crippen LogP contribution >= 0.6 is 22.6 Å².